The molecule has 1 heterocycles. The summed E-state index contributed by atoms with van der Waals surface area (Å²) in [6.07, 6.45) is 1.93. The number of primary amides is 1. The fourth-order valence-corrected chi connectivity index (χ4v) is 3.66. The molecule has 0 bridgehead atoms. The zero-order chi connectivity index (χ0) is 17.7. The summed E-state index contributed by atoms with van der Waals surface area (Å²) in [5.41, 5.74) is 5.01. The van der Waals surface area contributed by atoms with Crippen molar-refractivity contribution in [2.75, 3.05) is 25.9 Å². The first kappa shape index (κ1) is 18.2. The minimum Gasteiger partial charge on any atom is -0.366 e. The van der Waals surface area contributed by atoms with Gasteiger partial charge in [-0.1, -0.05) is 0 Å². The highest BCUT2D eigenvalue weighted by Gasteiger charge is 2.28. The van der Waals surface area contributed by atoms with Crippen molar-refractivity contribution in [3.05, 3.63) is 33.9 Å². The fraction of sp³-hybridized carbons (Fsp3) is 0.467. The zero-order valence-corrected chi connectivity index (χ0v) is 14.2. The Kier molecular flexibility index (Phi) is 6.16. The highest BCUT2D eigenvalue weighted by molar-refractivity contribution is 8.00. The standard InChI is InChI=1S/C15H20N4O4S/c1-17-8-11-3-2-6-18(11)14(20)9-24-13-5-4-10(15(16)21)7-12(13)19(22)23/h4-5,7,11,17H,2-3,6,8-9H2,1H3,(H2,16,21). The Morgan fingerprint density at radius 2 is 2.25 bits per heavy atom. The Morgan fingerprint density at radius 1 is 1.50 bits per heavy atom. The molecule has 1 saturated heterocycles. The quantitative estimate of drug-likeness (QED) is 0.429. The lowest BCUT2D eigenvalue weighted by atomic mass is 10.2. The maximum atomic E-state index is 12.4. The predicted molar refractivity (Wildman–Crippen MR) is 91.0 cm³/mol. The van der Waals surface area contributed by atoms with Gasteiger partial charge in [-0.3, -0.25) is 19.7 Å². The number of rotatable bonds is 7. The topological polar surface area (TPSA) is 119 Å². The van der Waals surface area contributed by atoms with Gasteiger partial charge in [0.2, 0.25) is 11.8 Å². The van der Waals surface area contributed by atoms with Crippen molar-refractivity contribution in [2.45, 2.75) is 23.8 Å². The van der Waals surface area contributed by atoms with Crippen molar-refractivity contribution in [2.24, 2.45) is 5.73 Å². The van der Waals surface area contributed by atoms with Crippen molar-refractivity contribution in [1.82, 2.24) is 10.2 Å². The molecule has 2 rings (SSSR count). The van der Waals surface area contributed by atoms with E-state index in [1.165, 1.54) is 12.1 Å². The largest absolute Gasteiger partial charge is 0.366 e. The van der Waals surface area contributed by atoms with Crippen LogP contribution in [0.1, 0.15) is 23.2 Å². The highest BCUT2D eigenvalue weighted by atomic mass is 32.2. The van der Waals surface area contributed by atoms with Crippen LogP contribution < -0.4 is 11.1 Å². The van der Waals surface area contributed by atoms with E-state index in [0.717, 1.165) is 37.2 Å². The molecule has 130 valence electrons. The summed E-state index contributed by atoms with van der Waals surface area (Å²) < 4.78 is 0. The van der Waals surface area contributed by atoms with E-state index in [2.05, 4.69) is 5.32 Å². The maximum absolute atomic E-state index is 12.4. The average molecular weight is 352 g/mol. The van der Waals surface area contributed by atoms with E-state index < -0.39 is 10.8 Å². The lowest BCUT2D eigenvalue weighted by Gasteiger charge is -2.24. The number of likely N-dealkylation sites (N-methyl/N-ethyl adjacent to an activating group) is 1. The first-order chi connectivity index (χ1) is 11.4. The average Bonchev–Trinajstić information content (AvgIpc) is 3.01. The number of nitro benzene ring substituents is 1. The van der Waals surface area contributed by atoms with Crippen LogP contribution in [-0.4, -0.2) is 53.6 Å². The van der Waals surface area contributed by atoms with Crippen LogP contribution in [0.2, 0.25) is 0 Å². The van der Waals surface area contributed by atoms with Crippen LogP contribution in [0.5, 0.6) is 0 Å². The molecule has 0 radical (unpaired) electrons. The Hall–Kier alpha value is -2.13. The molecule has 1 fully saturated rings. The SMILES string of the molecule is CNCC1CCCN1C(=O)CSc1ccc(C(N)=O)cc1[N+](=O)[O-]. The van der Waals surface area contributed by atoms with Crippen LogP contribution in [0, 0.1) is 10.1 Å². The van der Waals surface area contributed by atoms with E-state index in [4.69, 9.17) is 5.73 Å². The number of thioether (sulfide) groups is 1. The summed E-state index contributed by atoms with van der Waals surface area (Å²) in [5.74, 6) is -0.638. The molecule has 0 aliphatic carbocycles. The summed E-state index contributed by atoms with van der Waals surface area (Å²) in [7, 11) is 1.85. The number of nitrogens with zero attached hydrogens (tertiary/aromatic N) is 2. The van der Waals surface area contributed by atoms with Crippen molar-refractivity contribution >= 4 is 29.3 Å². The van der Waals surface area contributed by atoms with E-state index in [-0.39, 0.29) is 29.0 Å². The molecule has 1 aromatic carbocycles. The fourth-order valence-electron chi connectivity index (χ4n) is 2.77. The molecular formula is C15H20N4O4S. The van der Waals surface area contributed by atoms with Crippen molar-refractivity contribution in [3.8, 4) is 0 Å². The minimum absolute atomic E-state index is 0.0361. The summed E-state index contributed by atoms with van der Waals surface area (Å²) in [6, 6.07) is 4.22. The number of nitrogens with one attached hydrogen (secondary N) is 1. The molecular weight excluding hydrogens is 332 g/mol. The smallest absolute Gasteiger partial charge is 0.283 e. The van der Waals surface area contributed by atoms with Crippen molar-refractivity contribution in [1.29, 1.82) is 0 Å². The van der Waals surface area contributed by atoms with Crippen molar-refractivity contribution in [3.63, 3.8) is 0 Å². The molecule has 2 amide bonds. The van der Waals surface area contributed by atoms with E-state index in [0.29, 0.717) is 11.4 Å². The number of hydrogen-bond donors (Lipinski definition) is 2. The molecule has 1 atom stereocenters. The Balaban J connectivity index is 2.07. The summed E-state index contributed by atoms with van der Waals surface area (Å²) >= 11 is 1.11. The lowest BCUT2D eigenvalue weighted by Crippen LogP contribution is -2.41. The molecule has 1 unspecified atom stereocenters. The number of nitrogens with two attached hydrogens (primary N) is 1. The maximum Gasteiger partial charge on any atom is 0.283 e. The summed E-state index contributed by atoms with van der Waals surface area (Å²) in [6.45, 7) is 1.46. The number of nitro groups is 1. The molecule has 9 heteroatoms. The molecule has 8 nitrogen and oxygen atoms in total. The second-order valence-electron chi connectivity index (χ2n) is 5.53. The molecule has 1 aliphatic rings. The Bertz CT molecular complexity index is 652. The van der Waals surface area contributed by atoms with Gasteiger partial charge in [0.1, 0.15) is 0 Å². The van der Waals surface area contributed by atoms with Gasteiger partial charge in [-0.05, 0) is 32.0 Å². The van der Waals surface area contributed by atoms with Gasteiger partial charge in [0.15, 0.2) is 0 Å². The van der Waals surface area contributed by atoms with Crippen LogP contribution in [0.4, 0.5) is 5.69 Å². The first-order valence-corrected chi connectivity index (χ1v) is 8.57. The molecule has 3 N–H and O–H groups in total. The third kappa shape index (κ3) is 4.24. The molecule has 1 aliphatic heterocycles. The molecule has 0 saturated carbocycles. The number of benzene rings is 1. The van der Waals surface area contributed by atoms with Gasteiger partial charge < -0.3 is 16.0 Å². The number of amides is 2. The van der Waals surface area contributed by atoms with Gasteiger partial charge in [-0.15, -0.1) is 11.8 Å². The summed E-state index contributed by atoms with van der Waals surface area (Å²) in [5, 5.41) is 14.2. The zero-order valence-electron chi connectivity index (χ0n) is 13.4. The van der Waals surface area contributed by atoms with Crippen molar-refractivity contribution < 1.29 is 14.5 Å². The molecule has 0 spiro atoms. The number of hydrogen-bond acceptors (Lipinski definition) is 6. The third-order valence-electron chi connectivity index (χ3n) is 3.93. The first-order valence-electron chi connectivity index (χ1n) is 7.59. The van der Waals surface area contributed by atoms with E-state index in [1.807, 2.05) is 11.9 Å². The highest BCUT2D eigenvalue weighted by Crippen LogP contribution is 2.31. The Morgan fingerprint density at radius 3 is 2.88 bits per heavy atom. The monoisotopic (exact) mass is 352 g/mol. The third-order valence-corrected chi connectivity index (χ3v) is 4.98. The van der Waals surface area contributed by atoms with Gasteiger partial charge in [0, 0.05) is 30.8 Å². The van der Waals surface area contributed by atoms with Crippen LogP contribution in [0.25, 0.3) is 0 Å². The van der Waals surface area contributed by atoms with Gasteiger partial charge in [-0.25, -0.2) is 0 Å². The second kappa shape index (κ2) is 8.11. The Labute approximate surface area is 143 Å². The summed E-state index contributed by atoms with van der Waals surface area (Å²) in [4.78, 5) is 36.3. The van der Waals surface area contributed by atoms with Gasteiger partial charge in [0.25, 0.3) is 5.69 Å². The van der Waals surface area contributed by atoms with Gasteiger partial charge >= 0.3 is 0 Å². The van der Waals surface area contributed by atoms with E-state index in [1.54, 1.807) is 0 Å². The second-order valence-corrected chi connectivity index (χ2v) is 6.55. The number of carbonyl (C=O) groups is 2. The molecule has 1 aromatic rings. The molecule has 0 aromatic heterocycles. The van der Waals surface area contributed by atoms with E-state index in [9.17, 15) is 19.7 Å². The van der Waals surface area contributed by atoms with Crippen LogP contribution in [0.15, 0.2) is 23.1 Å². The van der Waals surface area contributed by atoms with E-state index >= 15 is 0 Å². The minimum atomic E-state index is -0.724. The van der Waals surface area contributed by atoms with Gasteiger partial charge in [0.05, 0.1) is 15.6 Å². The van der Waals surface area contributed by atoms with Crippen LogP contribution in [0.3, 0.4) is 0 Å². The number of likely N-dealkylation sites (tertiary alicyclic amines) is 1. The lowest BCUT2D eigenvalue weighted by molar-refractivity contribution is -0.387. The van der Waals surface area contributed by atoms with Crippen LogP contribution >= 0.6 is 11.8 Å². The molecule has 24 heavy (non-hydrogen) atoms. The normalized spacial score (nSPS) is 17.0. The predicted octanol–water partition coefficient (Wildman–Crippen LogP) is 0.996. The van der Waals surface area contributed by atoms with Crippen LogP contribution in [-0.2, 0) is 4.79 Å². The van der Waals surface area contributed by atoms with Gasteiger partial charge in [-0.2, -0.15) is 0 Å². The number of carbonyl (C=O) groups excluding carboxylic acids is 2.